The summed E-state index contributed by atoms with van der Waals surface area (Å²) in [4.78, 5) is 7.42. The van der Waals surface area contributed by atoms with Crippen LogP contribution in [0.4, 0.5) is 0 Å². The van der Waals surface area contributed by atoms with Gasteiger partial charge in [0.15, 0.2) is 0 Å². The lowest BCUT2D eigenvalue weighted by Gasteiger charge is -2.01. The lowest BCUT2D eigenvalue weighted by atomic mass is 10.3. The van der Waals surface area contributed by atoms with E-state index in [1.54, 1.807) is 6.92 Å². The van der Waals surface area contributed by atoms with Crippen LogP contribution in [0.15, 0.2) is 11.2 Å². The number of sulfone groups is 1. The number of hydrogen-bond acceptors (Lipinski definition) is 5. The molecule has 1 N–H and O–H groups in total. The van der Waals surface area contributed by atoms with E-state index in [1.165, 1.54) is 6.07 Å². The topological polar surface area (TPSA) is 80.2 Å². The molecule has 5 nitrogen and oxygen atoms in total. The maximum Gasteiger partial charge on any atom is 0.247 e. The highest BCUT2D eigenvalue weighted by Crippen LogP contribution is 2.05. The van der Waals surface area contributed by atoms with Crippen LogP contribution in [0, 0.1) is 6.92 Å². The first-order valence-corrected chi connectivity index (χ1v) is 5.48. The van der Waals surface area contributed by atoms with E-state index in [4.69, 9.17) is 5.11 Å². The van der Waals surface area contributed by atoms with Crippen molar-refractivity contribution in [1.82, 2.24) is 9.97 Å². The number of hydrogen-bond donors (Lipinski definition) is 1. The Morgan fingerprint density at radius 2 is 2.08 bits per heavy atom. The zero-order valence-electron chi connectivity index (χ0n) is 7.35. The van der Waals surface area contributed by atoms with Gasteiger partial charge in [-0.3, -0.25) is 0 Å². The van der Waals surface area contributed by atoms with Crippen LogP contribution in [0.1, 0.15) is 11.4 Å². The molecule has 0 aliphatic rings. The summed E-state index contributed by atoms with van der Waals surface area (Å²) in [5.41, 5.74) is 0.840. The van der Waals surface area contributed by atoms with Gasteiger partial charge in [-0.1, -0.05) is 0 Å². The van der Waals surface area contributed by atoms with Crippen LogP contribution in [0.25, 0.3) is 0 Å². The van der Waals surface area contributed by atoms with Gasteiger partial charge in [-0.2, -0.15) is 0 Å². The highest BCUT2D eigenvalue weighted by atomic mass is 32.2. The van der Waals surface area contributed by atoms with E-state index < -0.39 is 9.84 Å². The molecule has 0 atom stereocenters. The summed E-state index contributed by atoms with van der Waals surface area (Å²) >= 11 is 0. The van der Waals surface area contributed by atoms with Crippen molar-refractivity contribution in [2.24, 2.45) is 0 Å². The molecule has 0 radical (unpaired) electrons. The second-order valence-corrected chi connectivity index (χ2v) is 4.62. The fraction of sp³-hybridized carbons (Fsp3) is 0.429. The second-order valence-electron chi connectivity index (χ2n) is 2.71. The minimum atomic E-state index is -3.39. The van der Waals surface area contributed by atoms with Crippen molar-refractivity contribution >= 4 is 9.84 Å². The van der Waals surface area contributed by atoms with Crippen molar-refractivity contribution in [3.8, 4) is 0 Å². The zero-order chi connectivity index (χ0) is 10.1. The summed E-state index contributed by atoms with van der Waals surface area (Å²) < 4.78 is 22.1. The van der Waals surface area contributed by atoms with Gasteiger partial charge in [0, 0.05) is 11.9 Å². The Balaban J connectivity index is 3.33. The smallest absolute Gasteiger partial charge is 0.247 e. The third-order valence-corrected chi connectivity index (χ3v) is 2.23. The molecular formula is C7H10N2O3S. The monoisotopic (exact) mass is 202 g/mol. The van der Waals surface area contributed by atoms with Crippen molar-refractivity contribution in [3.05, 3.63) is 17.5 Å². The van der Waals surface area contributed by atoms with E-state index in [0.717, 1.165) is 6.26 Å². The quantitative estimate of drug-likeness (QED) is 0.665. The fourth-order valence-corrected chi connectivity index (χ4v) is 1.44. The molecule has 0 fully saturated rings. The van der Waals surface area contributed by atoms with Crippen LogP contribution in [-0.4, -0.2) is 29.7 Å². The van der Waals surface area contributed by atoms with Crippen molar-refractivity contribution in [2.75, 3.05) is 6.26 Å². The Hall–Kier alpha value is -1.01. The van der Waals surface area contributed by atoms with Crippen LogP contribution in [0.5, 0.6) is 0 Å². The largest absolute Gasteiger partial charge is 0.390 e. The SMILES string of the molecule is Cc1cc(CO)nc(S(C)(=O)=O)n1. The molecule has 0 aromatic carbocycles. The van der Waals surface area contributed by atoms with Crippen LogP contribution in [0.3, 0.4) is 0 Å². The van der Waals surface area contributed by atoms with E-state index in [9.17, 15) is 8.42 Å². The maximum absolute atomic E-state index is 11.0. The first-order chi connectivity index (χ1) is 5.93. The summed E-state index contributed by atoms with van der Waals surface area (Å²) in [6.45, 7) is 1.36. The van der Waals surface area contributed by atoms with Crippen LogP contribution < -0.4 is 0 Å². The molecule has 1 aromatic heterocycles. The average molecular weight is 202 g/mol. The molecule has 1 rings (SSSR count). The van der Waals surface area contributed by atoms with E-state index in [1.807, 2.05) is 0 Å². The van der Waals surface area contributed by atoms with Crippen LogP contribution in [-0.2, 0) is 16.4 Å². The summed E-state index contributed by atoms with van der Waals surface area (Å²) in [6.07, 6.45) is 1.03. The summed E-state index contributed by atoms with van der Waals surface area (Å²) in [6, 6.07) is 1.54. The van der Waals surface area contributed by atoms with E-state index in [2.05, 4.69) is 9.97 Å². The number of aliphatic hydroxyl groups is 1. The number of aliphatic hydroxyl groups excluding tert-OH is 1. The summed E-state index contributed by atoms with van der Waals surface area (Å²) in [7, 11) is -3.39. The Labute approximate surface area is 76.4 Å². The molecule has 13 heavy (non-hydrogen) atoms. The first kappa shape index (κ1) is 10.1. The molecular weight excluding hydrogens is 192 g/mol. The van der Waals surface area contributed by atoms with E-state index >= 15 is 0 Å². The van der Waals surface area contributed by atoms with E-state index in [0.29, 0.717) is 11.4 Å². The van der Waals surface area contributed by atoms with Gasteiger partial charge in [0.05, 0.1) is 12.3 Å². The third kappa shape index (κ3) is 2.46. The molecule has 0 saturated carbocycles. The van der Waals surface area contributed by atoms with Crippen molar-refractivity contribution in [2.45, 2.75) is 18.7 Å². The van der Waals surface area contributed by atoms with Crippen molar-refractivity contribution in [1.29, 1.82) is 0 Å². The highest BCUT2D eigenvalue weighted by Gasteiger charge is 2.12. The minimum Gasteiger partial charge on any atom is -0.390 e. The number of aryl methyl sites for hydroxylation is 1. The molecule has 0 bridgehead atoms. The van der Waals surface area contributed by atoms with Gasteiger partial charge in [-0.25, -0.2) is 18.4 Å². The summed E-state index contributed by atoms with van der Waals surface area (Å²) in [5, 5.41) is 8.53. The van der Waals surface area contributed by atoms with Gasteiger partial charge < -0.3 is 5.11 Å². The van der Waals surface area contributed by atoms with Gasteiger partial charge in [0.25, 0.3) is 0 Å². The molecule has 72 valence electrons. The molecule has 0 unspecified atom stereocenters. The van der Waals surface area contributed by atoms with Gasteiger partial charge >= 0.3 is 0 Å². The molecule has 1 aromatic rings. The molecule has 0 saturated heterocycles. The Bertz CT molecular complexity index is 414. The second kappa shape index (κ2) is 3.39. The Kier molecular flexibility index (Phi) is 2.63. The van der Waals surface area contributed by atoms with Crippen molar-refractivity contribution < 1.29 is 13.5 Å². The molecule has 0 spiro atoms. The molecule has 0 aliphatic carbocycles. The Morgan fingerprint density at radius 1 is 1.46 bits per heavy atom. The predicted octanol–water partition coefficient (Wildman–Crippen LogP) is -0.319. The van der Waals surface area contributed by atoms with Crippen molar-refractivity contribution in [3.63, 3.8) is 0 Å². The highest BCUT2D eigenvalue weighted by molar-refractivity contribution is 7.90. The Morgan fingerprint density at radius 3 is 2.54 bits per heavy atom. The van der Waals surface area contributed by atoms with Crippen LogP contribution in [0.2, 0.25) is 0 Å². The third-order valence-electron chi connectivity index (χ3n) is 1.38. The van der Waals surface area contributed by atoms with E-state index in [-0.39, 0.29) is 11.8 Å². The fourth-order valence-electron chi connectivity index (χ4n) is 0.851. The van der Waals surface area contributed by atoms with Crippen LogP contribution >= 0.6 is 0 Å². The number of rotatable bonds is 2. The van der Waals surface area contributed by atoms with Gasteiger partial charge in [0.2, 0.25) is 15.0 Å². The minimum absolute atomic E-state index is 0.239. The average Bonchev–Trinajstić information content (AvgIpc) is 2.01. The number of aromatic nitrogens is 2. The molecule has 1 heterocycles. The lowest BCUT2D eigenvalue weighted by Crippen LogP contribution is -2.07. The number of nitrogens with zero attached hydrogens (tertiary/aromatic N) is 2. The molecule has 0 aliphatic heterocycles. The van der Waals surface area contributed by atoms with Gasteiger partial charge in [-0.05, 0) is 13.0 Å². The van der Waals surface area contributed by atoms with Gasteiger partial charge in [0.1, 0.15) is 0 Å². The maximum atomic E-state index is 11.0. The lowest BCUT2D eigenvalue weighted by molar-refractivity contribution is 0.275. The normalized spacial score (nSPS) is 11.6. The first-order valence-electron chi connectivity index (χ1n) is 3.59. The summed E-state index contributed by atoms with van der Waals surface area (Å²) in [5.74, 6) is 0. The van der Waals surface area contributed by atoms with Gasteiger partial charge in [-0.15, -0.1) is 0 Å². The predicted molar refractivity (Wildman–Crippen MR) is 45.8 cm³/mol. The molecule has 6 heteroatoms. The zero-order valence-corrected chi connectivity index (χ0v) is 8.17. The molecule has 0 amide bonds. The standard InChI is InChI=1S/C7H10N2O3S/c1-5-3-6(4-10)9-7(8-5)13(2,11)12/h3,10H,4H2,1-2H3.